The lowest BCUT2D eigenvalue weighted by atomic mass is 9.87. The first-order valence-electron chi connectivity index (χ1n) is 12.0. The highest BCUT2D eigenvalue weighted by molar-refractivity contribution is 5.27. The molecule has 0 spiro atoms. The molecule has 0 aromatic heterocycles. The molecule has 1 aromatic carbocycles. The summed E-state index contributed by atoms with van der Waals surface area (Å²) in [7, 11) is 1.66. The lowest BCUT2D eigenvalue weighted by Gasteiger charge is -2.24. The van der Waals surface area contributed by atoms with Gasteiger partial charge in [0.2, 0.25) is 0 Å². The number of ether oxygens (including phenoxy) is 1. The normalized spacial score (nSPS) is 24.7. The Morgan fingerprint density at radius 2 is 1.58 bits per heavy atom. The molecule has 2 saturated carbocycles. The van der Waals surface area contributed by atoms with E-state index in [4.69, 9.17) is 27.7 Å². The van der Waals surface area contributed by atoms with Crippen molar-refractivity contribution in [3.63, 3.8) is 0 Å². The number of nitrogens with two attached hydrogens (primary N) is 4. The van der Waals surface area contributed by atoms with Gasteiger partial charge in [-0.05, 0) is 68.2 Å². The summed E-state index contributed by atoms with van der Waals surface area (Å²) in [5.74, 6) is 2.56. The fraction of sp³-hybridized carbons (Fsp3) is 0.692. The smallest absolute Gasteiger partial charge is 0.118 e. The van der Waals surface area contributed by atoms with E-state index in [9.17, 15) is 0 Å². The Labute approximate surface area is 192 Å². The van der Waals surface area contributed by atoms with E-state index in [1.165, 1.54) is 56.9 Å². The average molecular weight is 435 g/mol. The zero-order valence-electron chi connectivity index (χ0n) is 20.4. The maximum Gasteiger partial charge on any atom is 0.118 e. The molecule has 2 aliphatic rings. The van der Waals surface area contributed by atoms with E-state index in [1.54, 1.807) is 13.2 Å². The van der Waals surface area contributed by atoms with Crippen LogP contribution < -0.4 is 27.7 Å². The molecule has 0 saturated heterocycles. The predicted molar refractivity (Wildman–Crippen MR) is 136 cm³/mol. The fourth-order valence-corrected chi connectivity index (χ4v) is 3.78. The zero-order chi connectivity index (χ0) is 23.5. The third kappa shape index (κ3) is 16.0. The largest absolute Gasteiger partial charge is 0.497 e. The van der Waals surface area contributed by atoms with Crippen LogP contribution in [0.2, 0.25) is 0 Å². The van der Waals surface area contributed by atoms with Gasteiger partial charge in [-0.3, -0.25) is 0 Å². The summed E-state index contributed by atoms with van der Waals surface area (Å²) in [6.45, 7) is 9.18. The van der Waals surface area contributed by atoms with Crippen LogP contribution in [0.5, 0.6) is 5.75 Å². The van der Waals surface area contributed by atoms with Gasteiger partial charge in [-0.15, -0.1) is 6.58 Å². The Morgan fingerprint density at radius 1 is 0.968 bits per heavy atom. The third-order valence-corrected chi connectivity index (χ3v) is 5.91. The van der Waals surface area contributed by atoms with E-state index in [0.29, 0.717) is 25.2 Å². The molecule has 4 unspecified atom stereocenters. The van der Waals surface area contributed by atoms with Crippen LogP contribution in [0.4, 0.5) is 0 Å². The molecule has 0 radical (unpaired) electrons. The second kappa shape index (κ2) is 19.3. The van der Waals surface area contributed by atoms with Crippen molar-refractivity contribution in [2.75, 3.05) is 20.2 Å². The summed E-state index contributed by atoms with van der Waals surface area (Å²) >= 11 is 0. The zero-order valence-corrected chi connectivity index (χ0v) is 20.4. The molecule has 0 heterocycles. The van der Waals surface area contributed by atoms with Gasteiger partial charge in [0.1, 0.15) is 5.75 Å². The Kier molecular flexibility index (Phi) is 18.4. The highest BCUT2D eigenvalue weighted by Crippen LogP contribution is 2.22. The third-order valence-electron chi connectivity index (χ3n) is 5.91. The lowest BCUT2D eigenvalue weighted by molar-refractivity contribution is 0.331. The van der Waals surface area contributed by atoms with Gasteiger partial charge in [-0.25, -0.2) is 0 Å². The molecule has 1 aromatic rings. The highest BCUT2D eigenvalue weighted by Gasteiger charge is 2.16. The van der Waals surface area contributed by atoms with Gasteiger partial charge in [0.25, 0.3) is 0 Å². The van der Waals surface area contributed by atoms with Gasteiger partial charge in [-0.1, -0.05) is 57.7 Å². The van der Waals surface area contributed by atoms with Gasteiger partial charge in [-0.2, -0.15) is 0 Å². The summed E-state index contributed by atoms with van der Waals surface area (Å²) < 4.78 is 5.02. The fourth-order valence-electron chi connectivity index (χ4n) is 3.78. The molecule has 31 heavy (non-hydrogen) atoms. The van der Waals surface area contributed by atoms with Gasteiger partial charge in [0.05, 0.1) is 7.11 Å². The molecule has 5 heteroatoms. The van der Waals surface area contributed by atoms with Crippen molar-refractivity contribution < 1.29 is 4.74 Å². The van der Waals surface area contributed by atoms with Crippen molar-refractivity contribution in [2.45, 2.75) is 83.7 Å². The van der Waals surface area contributed by atoms with Crippen LogP contribution in [-0.4, -0.2) is 32.3 Å². The summed E-state index contributed by atoms with van der Waals surface area (Å²) in [4.78, 5) is 0. The van der Waals surface area contributed by atoms with Crippen LogP contribution in [0.3, 0.4) is 0 Å². The first-order chi connectivity index (χ1) is 14.9. The summed E-state index contributed by atoms with van der Waals surface area (Å²) in [5, 5.41) is 0. The van der Waals surface area contributed by atoms with Gasteiger partial charge < -0.3 is 27.7 Å². The van der Waals surface area contributed by atoms with Crippen molar-refractivity contribution >= 4 is 0 Å². The molecule has 0 amide bonds. The quantitative estimate of drug-likeness (QED) is 0.525. The summed E-state index contributed by atoms with van der Waals surface area (Å²) in [6, 6.07) is 8.98. The molecule has 3 rings (SSSR count). The Bertz CT molecular complexity index is 517. The molecule has 2 fully saturated rings. The number of rotatable bonds is 4. The van der Waals surface area contributed by atoms with Crippen LogP contribution in [0.15, 0.2) is 36.9 Å². The second-order valence-corrected chi connectivity index (χ2v) is 8.87. The first kappa shape index (κ1) is 29.6. The molecule has 180 valence electrons. The van der Waals surface area contributed by atoms with E-state index in [0.717, 1.165) is 24.0 Å². The number of methoxy groups -OCH3 is 1. The predicted octanol–water partition coefficient (Wildman–Crippen LogP) is 4.38. The number of hydrogen-bond donors (Lipinski definition) is 4. The molecule has 8 N–H and O–H groups in total. The van der Waals surface area contributed by atoms with E-state index in [-0.39, 0.29) is 0 Å². The maximum atomic E-state index is 5.78. The summed E-state index contributed by atoms with van der Waals surface area (Å²) in [5.41, 5.74) is 23.1. The molecular formula is C26H50N4O. The van der Waals surface area contributed by atoms with Crippen LogP contribution in [0, 0.1) is 11.8 Å². The minimum atomic E-state index is 0.503. The van der Waals surface area contributed by atoms with Gasteiger partial charge in [0, 0.05) is 18.6 Å². The molecule has 2 aliphatic carbocycles. The van der Waals surface area contributed by atoms with E-state index >= 15 is 0 Å². The van der Waals surface area contributed by atoms with E-state index in [2.05, 4.69) is 20.4 Å². The van der Waals surface area contributed by atoms with Crippen molar-refractivity contribution in [2.24, 2.45) is 34.8 Å². The Hall–Kier alpha value is -1.40. The van der Waals surface area contributed by atoms with Crippen molar-refractivity contribution in [3.8, 4) is 5.75 Å². The second-order valence-electron chi connectivity index (χ2n) is 8.87. The van der Waals surface area contributed by atoms with Gasteiger partial charge >= 0.3 is 0 Å². The van der Waals surface area contributed by atoms with Crippen LogP contribution >= 0.6 is 0 Å². The SMILES string of the molecule is C=CCN.CC1CCCC(N)C1.CC1CCCCC1N.COc1ccc(CCN)cc1. The monoisotopic (exact) mass is 434 g/mol. The minimum absolute atomic E-state index is 0.503. The Morgan fingerprint density at radius 3 is 1.94 bits per heavy atom. The van der Waals surface area contributed by atoms with Gasteiger partial charge in [0.15, 0.2) is 0 Å². The van der Waals surface area contributed by atoms with E-state index < -0.39 is 0 Å². The lowest BCUT2D eigenvalue weighted by Crippen LogP contribution is -2.30. The number of benzene rings is 1. The highest BCUT2D eigenvalue weighted by atomic mass is 16.5. The van der Waals surface area contributed by atoms with Crippen molar-refractivity contribution in [1.29, 1.82) is 0 Å². The number of hydrogen-bond acceptors (Lipinski definition) is 5. The van der Waals surface area contributed by atoms with Crippen LogP contribution in [0.1, 0.15) is 70.8 Å². The van der Waals surface area contributed by atoms with E-state index in [1.807, 2.05) is 24.3 Å². The van der Waals surface area contributed by atoms with Crippen molar-refractivity contribution in [1.82, 2.24) is 0 Å². The molecule has 5 nitrogen and oxygen atoms in total. The maximum absolute atomic E-state index is 5.78. The molecular weight excluding hydrogens is 384 g/mol. The first-order valence-corrected chi connectivity index (χ1v) is 12.0. The van der Waals surface area contributed by atoms with Crippen LogP contribution in [-0.2, 0) is 6.42 Å². The minimum Gasteiger partial charge on any atom is -0.497 e. The molecule has 0 aliphatic heterocycles. The topological polar surface area (TPSA) is 113 Å². The molecule has 0 bridgehead atoms. The standard InChI is InChI=1S/C9H13NO.2C7H15N.C3H7N/c1-11-9-4-2-8(3-5-9)6-7-10;1-6-3-2-4-7(8)5-6;1-6-4-2-3-5-7(6)8;1-2-3-4/h2-5H,6-7,10H2,1H3;2*6-7H,2-5,8H2,1H3;2H,1,3-4H2. The van der Waals surface area contributed by atoms with Crippen molar-refractivity contribution in [3.05, 3.63) is 42.5 Å². The molecule has 4 atom stereocenters. The van der Waals surface area contributed by atoms with Crippen LogP contribution in [0.25, 0.3) is 0 Å². The average Bonchev–Trinajstić information content (AvgIpc) is 2.77. The summed E-state index contributed by atoms with van der Waals surface area (Å²) in [6.07, 6.45) is 13.2. The Balaban J connectivity index is 0.000000407.